The highest BCUT2D eigenvalue weighted by Crippen LogP contribution is 2.41. The van der Waals surface area contributed by atoms with Crippen LogP contribution in [-0.2, 0) is 16.0 Å². The molecule has 148 valence electrons. The minimum Gasteiger partial charge on any atom is -0.508 e. The third kappa shape index (κ3) is 4.14. The van der Waals surface area contributed by atoms with Gasteiger partial charge in [0.15, 0.2) is 0 Å². The van der Waals surface area contributed by atoms with E-state index < -0.39 is 29.8 Å². The van der Waals surface area contributed by atoms with E-state index >= 15 is 0 Å². The fraction of sp³-hybridized carbons (Fsp3) is 0.333. The van der Waals surface area contributed by atoms with Gasteiger partial charge in [-0.3, -0.25) is 14.5 Å². The van der Waals surface area contributed by atoms with Gasteiger partial charge >= 0.3 is 5.97 Å². The molecule has 7 heteroatoms. The molecule has 0 saturated carbocycles. The van der Waals surface area contributed by atoms with E-state index in [2.05, 4.69) is 5.32 Å². The Kier molecular flexibility index (Phi) is 5.94. The molecule has 0 aromatic heterocycles. The lowest BCUT2D eigenvalue weighted by molar-refractivity contribution is -0.142. The van der Waals surface area contributed by atoms with Crippen molar-refractivity contribution >= 4 is 11.9 Å². The molecule has 3 rings (SSSR count). The van der Waals surface area contributed by atoms with Crippen LogP contribution in [0.15, 0.2) is 48.5 Å². The molecular weight excluding hydrogens is 363 g/mol. The molecule has 3 N–H and O–H groups in total. The number of carboxylic acid groups (broad SMARTS) is 1. The smallest absolute Gasteiger partial charge is 0.320 e. The van der Waals surface area contributed by atoms with E-state index in [0.717, 1.165) is 5.56 Å². The second-order valence-corrected chi connectivity index (χ2v) is 7.04. The van der Waals surface area contributed by atoms with Gasteiger partial charge in [0, 0.05) is 18.2 Å². The van der Waals surface area contributed by atoms with Crippen molar-refractivity contribution in [3.05, 3.63) is 65.5 Å². The monoisotopic (exact) mass is 386 g/mol. The third-order valence-corrected chi connectivity index (χ3v) is 5.28. The highest BCUT2D eigenvalue weighted by molar-refractivity contribution is 5.83. The van der Waals surface area contributed by atoms with Crippen molar-refractivity contribution in [2.24, 2.45) is 5.92 Å². The summed E-state index contributed by atoms with van der Waals surface area (Å²) in [6.45, 7) is 0.367. The number of carboxylic acids is 1. The summed E-state index contributed by atoms with van der Waals surface area (Å²) in [6, 6.07) is 11.4. The van der Waals surface area contributed by atoms with Crippen LogP contribution in [0.4, 0.5) is 4.39 Å². The van der Waals surface area contributed by atoms with Gasteiger partial charge in [0.05, 0.1) is 5.92 Å². The number of phenols is 1. The Bertz CT molecular complexity index is 856. The van der Waals surface area contributed by atoms with Crippen molar-refractivity contribution < 1.29 is 24.2 Å². The number of aromatic hydroxyl groups is 1. The Hall–Kier alpha value is -2.93. The Morgan fingerprint density at radius 2 is 1.86 bits per heavy atom. The number of nitrogens with one attached hydrogen (secondary N) is 1. The molecule has 0 unspecified atom stereocenters. The molecule has 6 nitrogen and oxygen atoms in total. The lowest BCUT2D eigenvalue weighted by Crippen LogP contribution is -2.36. The number of aliphatic carboxylic acids is 1. The summed E-state index contributed by atoms with van der Waals surface area (Å²) in [4.78, 5) is 25.9. The van der Waals surface area contributed by atoms with Crippen LogP contribution >= 0.6 is 0 Å². The molecule has 1 aliphatic rings. The second-order valence-electron chi connectivity index (χ2n) is 7.04. The van der Waals surface area contributed by atoms with Crippen molar-refractivity contribution in [3.63, 3.8) is 0 Å². The Morgan fingerprint density at radius 3 is 2.50 bits per heavy atom. The number of hydrogen-bond acceptors (Lipinski definition) is 4. The van der Waals surface area contributed by atoms with Crippen LogP contribution in [0.2, 0.25) is 0 Å². The summed E-state index contributed by atoms with van der Waals surface area (Å²) in [5.74, 6) is -2.25. The maximum Gasteiger partial charge on any atom is 0.320 e. The fourth-order valence-corrected chi connectivity index (χ4v) is 3.81. The first-order valence-electron chi connectivity index (χ1n) is 9.13. The Balaban J connectivity index is 1.73. The molecule has 2 aromatic rings. The van der Waals surface area contributed by atoms with Crippen LogP contribution in [0, 0.1) is 11.7 Å². The standard InChI is InChI=1S/C21H23FN2O4/c1-24-18(21(27)28)12-16(19(24)15-4-2-3-5-17(15)22)20(26)23-11-10-13-6-8-14(25)9-7-13/h2-9,16,18-19,25H,10-12H2,1H3,(H,23,26)(H,27,28)/t16-,18-,19-/m0/s1. The van der Waals surface area contributed by atoms with Crippen LogP contribution in [0.5, 0.6) is 5.75 Å². The van der Waals surface area contributed by atoms with Gasteiger partial charge in [-0.25, -0.2) is 4.39 Å². The second kappa shape index (κ2) is 8.39. The van der Waals surface area contributed by atoms with E-state index in [1.54, 1.807) is 54.4 Å². The molecule has 0 radical (unpaired) electrons. The summed E-state index contributed by atoms with van der Waals surface area (Å²) >= 11 is 0. The molecule has 0 spiro atoms. The maximum atomic E-state index is 14.4. The molecule has 3 atom stereocenters. The summed E-state index contributed by atoms with van der Waals surface area (Å²) in [7, 11) is 1.61. The molecule has 1 heterocycles. The first-order valence-corrected chi connectivity index (χ1v) is 9.13. The van der Waals surface area contributed by atoms with Gasteiger partial charge in [-0.2, -0.15) is 0 Å². The van der Waals surface area contributed by atoms with Gasteiger partial charge in [0.1, 0.15) is 17.6 Å². The van der Waals surface area contributed by atoms with E-state index in [1.807, 2.05) is 0 Å². The van der Waals surface area contributed by atoms with Gasteiger partial charge in [-0.15, -0.1) is 0 Å². The zero-order valence-electron chi connectivity index (χ0n) is 15.5. The van der Waals surface area contributed by atoms with Crippen LogP contribution in [0.3, 0.4) is 0 Å². The largest absolute Gasteiger partial charge is 0.508 e. The first kappa shape index (κ1) is 19.8. The van der Waals surface area contributed by atoms with Gasteiger partial charge in [0.25, 0.3) is 0 Å². The minimum absolute atomic E-state index is 0.121. The van der Waals surface area contributed by atoms with Crippen LogP contribution in [0.1, 0.15) is 23.6 Å². The third-order valence-electron chi connectivity index (χ3n) is 5.28. The predicted molar refractivity (Wildman–Crippen MR) is 101 cm³/mol. The van der Waals surface area contributed by atoms with Crippen molar-refractivity contribution in [2.75, 3.05) is 13.6 Å². The minimum atomic E-state index is -1.02. The van der Waals surface area contributed by atoms with Crippen molar-refractivity contribution in [2.45, 2.75) is 24.9 Å². The number of likely N-dealkylation sites (N-methyl/N-ethyl adjacent to an activating group) is 1. The summed E-state index contributed by atoms with van der Waals surface area (Å²) in [6.07, 6.45) is 0.692. The lowest BCUT2D eigenvalue weighted by atomic mass is 9.92. The number of halogens is 1. The molecule has 1 fully saturated rings. The number of likely N-dealkylation sites (tertiary alicyclic amines) is 1. The van der Waals surface area contributed by atoms with Crippen molar-refractivity contribution in [3.8, 4) is 5.75 Å². The lowest BCUT2D eigenvalue weighted by Gasteiger charge is -2.26. The topological polar surface area (TPSA) is 89.9 Å². The van der Waals surface area contributed by atoms with E-state index in [-0.39, 0.29) is 18.1 Å². The number of amides is 1. The highest BCUT2D eigenvalue weighted by Gasteiger charge is 2.47. The van der Waals surface area contributed by atoms with Crippen LogP contribution in [0.25, 0.3) is 0 Å². The summed E-state index contributed by atoms with van der Waals surface area (Å²) < 4.78 is 14.4. The van der Waals surface area contributed by atoms with E-state index in [9.17, 15) is 24.2 Å². The molecule has 28 heavy (non-hydrogen) atoms. The summed E-state index contributed by atoms with van der Waals surface area (Å²) in [5, 5.41) is 21.6. The predicted octanol–water partition coefficient (Wildman–Crippen LogP) is 2.34. The maximum absolute atomic E-state index is 14.4. The molecular formula is C21H23FN2O4. The van der Waals surface area contributed by atoms with Crippen LogP contribution < -0.4 is 5.32 Å². The van der Waals surface area contributed by atoms with Crippen molar-refractivity contribution in [1.82, 2.24) is 10.2 Å². The molecule has 0 aliphatic carbocycles. The van der Waals surface area contributed by atoms with Gasteiger partial charge in [-0.1, -0.05) is 30.3 Å². The molecule has 2 aromatic carbocycles. The zero-order valence-corrected chi connectivity index (χ0v) is 15.5. The number of nitrogens with zero attached hydrogens (tertiary/aromatic N) is 1. The average molecular weight is 386 g/mol. The molecule has 1 saturated heterocycles. The normalized spacial score (nSPS) is 22.1. The number of hydrogen-bond donors (Lipinski definition) is 3. The molecule has 1 amide bonds. The van der Waals surface area contributed by atoms with Crippen molar-refractivity contribution in [1.29, 1.82) is 0 Å². The summed E-state index contributed by atoms with van der Waals surface area (Å²) in [5.41, 5.74) is 1.28. The molecule has 1 aliphatic heterocycles. The quantitative estimate of drug-likeness (QED) is 0.709. The van der Waals surface area contributed by atoms with Gasteiger partial charge in [0.2, 0.25) is 5.91 Å². The van der Waals surface area contributed by atoms with Crippen LogP contribution in [-0.4, -0.2) is 46.6 Å². The highest BCUT2D eigenvalue weighted by atomic mass is 19.1. The van der Waals surface area contributed by atoms with E-state index in [1.165, 1.54) is 6.07 Å². The Labute approximate surface area is 162 Å². The number of carbonyl (C=O) groups is 2. The molecule has 0 bridgehead atoms. The van der Waals surface area contributed by atoms with E-state index in [4.69, 9.17) is 0 Å². The Morgan fingerprint density at radius 1 is 1.18 bits per heavy atom. The number of benzene rings is 2. The van der Waals surface area contributed by atoms with Gasteiger partial charge in [-0.05, 0) is 43.7 Å². The number of carbonyl (C=O) groups excluding carboxylic acids is 1. The average Bonchev–Trinajstić information content (AvgIpc) is 3.01. The zero-order chi connectivity index (χ0) is 20.3. The number of rotatable bonds is 6. The van der Waals surface area contributed by atoms with Gasteiger partial charge < -0.3 is 15.5 Å². The number of phenolic OH excluding ortho intramolecular Hbond substituents is 1. The van der Waals surface area contributed by atoms with E-state index in [0.29, 0.717) is 18.5 Å². The SMILES string of the molecule is CN1[C@H](C(=O)O)C[C@H](C(=O)NCCc2ccc(O)cc2)[C@@H]1c1ccccc1F. The first-order chi connectivity index (χ1) is 13.4. The fourth-order valence-electron chi connectivity index (χ4n) is 3.81.